The monoisotopic (exact) mass is 299 g/mol. The average Bonchev–Trinajstić information content (AvgIpc) is 2.48. The molecule has 0 saturated heterocycles. The smallest absolute Gasteiger partial charge is 0.333 e. The van der Waals surface area contributed by atoms with Crippen LogP contribution in [0.5, 0.6) is 0 Å². The SMILES string of the molecule is C=C(C)C(=O)OCC.CN(C)Cc1cccc2ccccc12. The van der Waals surface area contributed by atoms with Crippen LogP contribution in [0.4, 0.5) is 0 Å². The fraction of sp³-hybridized carbons (Fsp3) is 0.316. The van der Waals surface area contributed by atoms with Crippen LogP contribution in [-0.2, 0) is 16.1 Å². The Morgan fingerprint density at radius 1 is 1.14 bits per heavy atom. The molecule has 0 amide bonds. The van der Waals surface area contributed by atoms with E-state index in [1.165, 1.54) is 16.3 Å². The van der Waals surface area contributed by atoms with Crippen LogP contribution in [0.2, 0.25) is 0 Å². The van der Waals surface area contributed by atoms with Gasteiger partial charge in [-0.3, -0.25) is 0 Å². The first kappa shape index (κ1) is 17.9. The van der Waals surface area contributed by atoms with Crippen LogP contribution >= 0.6 is 0 Å². The Bertz CT molecular complexity index is 627. The Morgan fingerprint density at radius 3 is 2.32 bits per heavy atom. The number of hydrogen-bond donors (Lipinski definition) is 0. The van der Waals surface area contributed by atoms with Crippen molar-refractivity contribution in [3.63, 3.8) is 0 Å². The minimum Gasteiger partial charge on any atom is -0.463 e. The van der Waals surface area contributed by atoms with Crippen LogP contribution in [0, 0.1) is 0 Å². The van der Waals surface area contributed by atoms with Crippen LogP contribution in [-0.4, -0.2) is 31.6 Å². The molecule has 0 spiro atoms. The van der Waals surface area contributed by atoms with Crippen molar-refractivity contribution in [3.05, 3.63) is 60.2 Å². The highest BCUT2D eigenvalue weighted by molar-refractivity contribution is 5.87. The van der Waals surface area contributed by atoms with Gasteiger partial charge in [-0.05, 0) is 44.3 Å². The molecule has 3 nitrogen and oxygen atoms in total. The van der Waals surface area contributed by atoms with Crippen molar-refractivity contribution in [1.82, 2.24) is 4.90 Å². The minimum atomic E-state index is -0.312. The lowest BCUT2D eigenvalue weighted by molar-refractivity contribution is -0.138. The molecule has 3 heteroatoms. The van der Waals surface area contributed by atoms with E-state index in [1.54, 1.807) is 13.8 Å². The Kier molecular flexibility index (Phi) is 7.33. The van der Waals surface area contributed by atoms with E-state index in [9.17, 15) is 4.79 Å². The molecular formula is C19H25NO2. The maximum atomic E-state index is 10.4. The van der Waals surface area contributed by atoms with E-state index < -0.39 is 0 Å². The molecule has 0 aliphatic rings. The Balaban J connectivity index is 0.000000261. The highest BCUT2D eigenvalue weighted by atomic mass is 16.5. The van der Waals surface area contributed by atoms with Crippen molar-refractivity contribution in [3.8, 4) is 0 Å². The number of ether oxygens (including phenoxy) is 1. The van der Waals surface area contributed by atoms with Gasteiger partial charge in [0.1, 0.15) is 0 Å². The number of benzene rings is 2. The summed E-state index contributed by atoms with van der Waals surface area (Å²) < 4.78 is 4.56. The second-order valence-electron chi connectivity index (χ2n) is 5.38. The summed E-state index contributed by atoms with van der Waals surface area (Å²) >= 11 is 0. The minimum absolute atomic E-state index is 0.312. The van der Waals surface area contributed by atoms with Crippen molar-refractivity contribution in [2.75, 3.05) is 20.7 Å². The van der Waals surface area contributed by atoms with Crippen LogP contribution < -0.4 is 0 Å². The zero-order valence-corrected chi connectivity index (χ0v) is 13.9. The lowest BCUT2D eigenvalue weighted by Crippen LogP contribution is -2.10. The third-order valence-corrected chi connectivity index (χ3v) is 2.99. The number of rotatable bonds is 4. The Morgan fingerprint density at radius 2 is 1.77 bits per heavy atom. The first-order chi connectivity index (χ1) is 10.5. The van der Waals surface area contributed by atoms with Gasteiger partial charge >= 0.3 is 5.97 Å². The maximum Gasteiger partial charge on any atom is 0.333 e. The lowest BCUT2D eigenvalue weighted by Gasteiger charge is -2.11. The number of hydrogen-bond acceptors (Lipinski definition) is 3. The fourth-order valence-corrected chi connectivity index (χ4v) is 2.03. The number of nitrogens with zero attached hydrogens (tertiary/aromatic N) is 1. The molecule has 0 aliphatic heterocycles. The Hall–Kier alpha value is -2.13. The number of fused-ring (bicyclic) bond motifs is 1. The largest absolute Gasteiger partial charge is 0.463 e. The van der Waals surface area contributed by atoms with Gasteiger partial charge in [-0.15, -0.1) is 0 Å². The molecule has 0 aromatic heterocycles. The van der Waals surface area contributed by atoms with Gasteiger partial charge in [0.05, 0.1) is 6.61 Å². The van der Waals surface area contributed by atoms with Crippen LogP contribution in [0.3, 0.4) is 0 Å². The van der Waals surface area contributed by atoms with Crippen molar-refractivity contribution in [2.45, 2.75) is 20.4 Å². The number of carbonyl (C=O) groups excluding carboxylic acids is 1. The quantitative estimate of drug-likeness (QED) is 0.630. The van der Waals surface area contributed by atoms with Gasteiger partial charge in [-0.2, -0.15) is 0 Å². The van der Waals surface area contributed by atoms with Gasteiger partial charge in [0, 0.05) is 12.1 Å². The molecule has 118 valence electrons. The van der Waals surface area contributed by atoms with Crippen LogP contribution in [0.25, 0.3) is 10.8 Å². The zero-order valence-electron chi connectivity index (χ0n) is 13.9. The molecule has 2 aromatic carbocycles. The molecule has 0 N–H and O–H groups in total. The van der Waals surface area contributed by atoms with E-state index in [1.807, 2.05) is 0 Å². The molecule has 0 atom stereocenters. The summed E-state index contributed by atoms with van der Waals surface area (Å²) in [6.07, 6.45) is 0. The highest BCUT2D eigenvalue weighted by Gasteiger charge is 2.00. The topological polar surface area (TPSA) is 29.5 Å². The molecule has 0 heterocycles. The standard InChI is InChI=1S/C13H15N.C6H10O2/c1-14(2)10-12-8-5-7-11-6-3-4-9-13(11)12;1-4-8-6(7)5(2)3/h3-9H,10H2,1-2H3;2,4H2,1,3H3. The zero-order chi connectivity index (χ0) is 16.5. The molecule has 22 heavy (non-hydrogen) atoms. The molecule has 0 fully saturated rings. The molecule has 0 aliphatic carbocycles. The molecule has 0 radical (unpaired) electrons. The predicted octanol–water partition coefficient (Wildman–Crippen LogP) is 4.03. The predicted molar refractivity (Wildman–Crippen MR) is 92.8 cm³/mol. The highest BCUT2D eigenvalue weighted by Crippen LogP contribution is 2.18. The first-order valence-corrected chi connectivity index (χ1v) is 7.39. The van der Waals surface area contributed by atoms with Gasteiger partial charge < -0.3 is 9.64 Å². The Labute approximate surface area is 133 Å². The molecule has 0 unspecified atom stereocenters. The van der Waals surface area contributed by atoms with Crippen molar-refractivity contribution >= 4 is 16.7 Å². The van der Waals surface area contributed by atoms with Gasteiger partial charge in [0.2, 0.25) is 0 Å². The van der Waals surface area contributed by atoms with Crippen molar-refractivity contribution in [2.24, 2.45) is 0 Å². The second kappa shape index (κ2) is 9.00. The van der Waals surface area contributed by atoms with E-state index >= 15 is 0 Å². The molecule has 2 rings (SSSR count). The summed E-state index contributed by atoms with van der Waals surface area (Å²) in [6.45, 7) is 8.21. The van der Waals surface area contributed by atoms with Crippen LogP contribution in [0.1, 0.15) is 19.4 Å². The summed E-state index contributed by atoms with van der Waals surface area (Å²) in [4.78, 5) is 12.6. The third kappa shape index (κ3) is 5.70. The van der Waals surface area contributed by atoms with Crippen LogP contribution in [0.15, 0.2) is 54.6 Å². The van der Waals surface area contributed by atoms with E-state index in [0.717, 1.165) is 6.54 Å². The van der Waals surface area contributed by atoms with E-state index in [0.29, 0.717) is 12.2 Å². The fourth-order valence-electron chi connectivity index (χ4n) is 2.03. The van der Waals surface area contributed by atoms with E-state index in [2.05, 4.69) is 72.8 Å². The maximum absolute atomic E-state index is 10.4. The number of esters is 1. The van der Waals surface area contributed by atoms with Crippen molar-refractivity contribution in [1.29, 1.82) is 0 Å². The molecule has 0 bridgehead atoms. The third-order valence-electron chi connectivity index (χ3n) is 2.99. The summed E-state index contributed by atoms with van der Waals surface area (Å²) in [5.41, 5.74) is 1.85. The van der Waals surface area contributed by atoms with E-state index in [4.69, 9.17) is 0 Å². The van der Waals surface area contributed by atoms with Gasteiger partial charge in [-0.1, -0.05) is 49.0 Å². The van der Waals surface area contributed by atoms with Gasteiger partial charge in [-0.25, -0.2) is 4.79 Å². The summed E-state index contributed by atoms with van der Waals surface area (Å²) in [6, 6.07) is 15.0. The second-order valence-corrected chi connectivity index (χ2v) is 5.38. The average molecular weight is 299 g/mol. The number of carbonyl (C=O) groups is 1. The normalized spacial score (nSPS) is 10.0. The molecule has 2 aromatic rings. The summed E-state index contributed by atoms with van der Waals surface area (Å²) in [5, 5.41) is 2.69. The molecule has 0 saturated carbocycles. The lowest BCUT2D eigenvalue weighted by atomic mass is 10.0. The van der Waals surface area contributed by atoms with E-state index in [-0.39, 0.29) is 5.97 Å². The van der Waals surface area contributed by atoms with Gasteiger partial charge in [0.15, 0.2) is 0 Å². The molecular weight excluding hydrogens is 274 g/mol. The first-order valence-electron chi connectivity index (χ1n) is 7.39. The summed E-state index contributed by atoms with van der Waals surface area (Å²) in [7, 11) is 4.20. The summed E-state index contributed by atoms with van der Waals surface area (Å²) in [5.74, 6) is -0.312. The van der Waals surface area contributed by atoms with Gasteiger partial charge in [0.25, 0.3) is 0 Å². The van der Waals surface area contributed by atoms with Crippen molar-refractivity contribution < 1.29 is 9.53 Å².